The van der Waals surface area contributed by atoms with Crippen LogP contribution in [0.5, 0.6) is 0 Å². The molecule has 1 aromatic heterocycles. The van der Waals surface area contributed by atoms with Crippen molar-refractivity contribution < 1.29 is 0 Å². The number of nitrogens with one attached hydrogen (secondary N) is 1. The molecule has 0 spiro atoms. The topological polar surface area (TPSA) is 29.9 Å². The van der Waals surface area contributed by atoms with Crippen LogP contribution in [0.2, 0.25) is 0 Å². The fraction of sp³-hybridized carbons (Fsp3) is 0.769. The van der Waals surface area contributed by atoms with E-state index in [1.165, 1.54) is 44.2 Å². The van der Waals surface area contributed by atoms with E-state index in [2.05, 4.69) is 21.1 Å². The Morgan fingerprint density at radius 1 is 1.19 bits per heavy atom. The van der Waals surface area contributed by atoms with Gasteiger partial charge in [-0.3, -0.25) is 0 Å². The summed E-state index contributed by atoms with van der Waals surface area (Å²) in [7, 11) is 0. The standard InChI is InChI=1S/C13H21N3/c1-2-4-11(5-3-1)13-9-15-10-16(13)12-6-7-14-8-12/h9-12,14H,1-8H2. The summed E-state index contributed by atoms with van der Waals surface area (Å²) in [6, 6.07) is 0.652. The van der Waals surface area contributed by atoms with Gasteiger partial charge >= 0.3 is 0 Å². The minimum absolute atomic E-state index is 0.652. The lowest BCUT2D eigenvalue weighted by atomic mass is 9.87. The Bertz CT molecular complexity index is 333. The summed E-state index contributed by atoms with van der Waals surface area (Å²) in [5, 5.41) is 3.44. The van der Waals surface area contributed by atoms with E-state index in [0.29, 0.717) is 6.04 Å². The van der Waals surface area contributed by atoms with Gasteiger partial charge < -0.3 is 9.88 Å². The van der Waals surface area contributed by atoms with Gasteiger partial charge in [0.2, 0.25) is 0 Å². The van der Waals surface area contributed by atoms with E-state index >= 15 is 0 Å². The van der Waals surface area contributed by atoms with Crippen LogP contribution in [-0.2, 0) is 0 Å². The summed E-state index contributed by atoms with van der Waals surface area (Å²) in [4.78, 5) is 4.38. The Balaban J connectivity index is 1.80. The molecule has 2 aliphatic rings. The van der Waals surface area contributed by atoms with Gasteiger partial charge in [0.15, 0.2) is 0 Å². The van der Waals surface area contributed by atoms with Crippen LogP contribution in [0, 0.1) is 0 Å². The number of nitrogens with zero attached hydrogens (tertiary/aromatic N) is 2. The third-order valence-electron chi connectivity index (χ3n) is 4.15. The van der Waals surface area contributed by atoms with Crippen LogP contribution >= 0.6 is 0 Å². The number of imidazole rings is 1. The molecule has 2 heterocycles. The van der Waals surface area contributed by atoms with Gasteiger partial charge in [-0.1, -0.05) is 19.3 Å². The first-order valence-corrected chi connectivity index (χ1v) is 6.67. The third-order valence-corrected chi connectivity index (χ3v) is 4.15. The van der Waals surface area contributed by atoms with Crippen LogP contribution in [-0.4, -0.2) is 22.6 Å². The Morgan fingerprint density at radius 3 is 2.81 bits per heavy atom. The molecule has 0 aromatic carbocycles. The van der Waals surface area contributed by atoms with Crippen LogP contribution in [0.3, 0.4) is 0 Å². The third kappa shape index (κ3) is 1.88. The van der Waals surface area contributed by atoms with Crippen LogP contribution < -0.4 is 5.32 Å². The molecular formula is C13H21N3. The molecule has 1 aromatic rings. The normalized spacial score (nSPS) is 27.4. The van der Waals surface area contributed by atoms with Gasteiger partial charge in [-0.25, -0.2) is 4.98 Å². The summed E-state index contributed by atoms with van der Waals surface area (Å²) < 4.78 is 2.44. The van der Waals surface area contributed by atoms with Crippen molar-refractivity contribution >= 4 is 0 Å². The molecule has 3 nitrogen and oxygen atoms in total. The van der Waals surface area contributed by atoms with Gasteiger partial charge in [-0.05, 0) is 25.8 Å². The van der Waals surface area contributed by atoms with Crippen LogP contribution in [0.1, 0.15) is 56.2 Å². The average Bonchev–Trinajstić information content (AvgIpc) is 3.01. The lowest BCUT2D eigenvalue weighted by Gasteiger charge is -2.24. The monoisotopic (exact) mass is 219 g/mol. The highest BCUT2D eigenvalue weighted by molar-refractivity contribution is 5.09. The molecule has 1 saturated heterocycles. The Kier molecular flexibility index (Phi) is 2.96. The molecule has 3 rings (SSSR count). The van der Waals surface area contributed by atoms with Crippen molar-refractivity contribution in [2.75, 3.05) is 13.1 Å². The molecule has 16 heavy (non-hydrogen) atoms. The summed E-state index contributed by atoms with van der Waals surface area (Å²) in [5.74, 6) is 0.775. The van der Waals surface area contributed by atoms with E-state index in [1.807, 2.05) is 6.33 Å². The van der Waals surface area contributed by atoms with Crippen molar-refractivity contribution in [3.63, 3.8) is 0 Å². The first-order valence-electron chi connectivity index (χ1n) is 6.67. The second-order valence-electron chi connectivity index (χ2n) is 5.21. The molecule has 1 saturated carbocycles. The molecule has 1 aliphatic carbocycles. The second kappa shape index (κ2) is 4.58. The van der Waals surface area contributed by atoms with Crippen molar-refractivity contribution in [1.29, 1.82) is 0 Å². The highest BCUT2D eigenvalue weighted by Crippen LogP contribution is 2.34. The molecule has 0 radical (unpaired) electrons. The van der Waals surface area contributed by atoms with E-state index < -0.39 is 0 Å². The average molecular weight is 219 g/mol. The zero-order valence-corrected chi connectivity index (χ0v) is 9.86. The zero-order chi connectivity index (χ0) is 10.8. The molecule has 1 N–H and O–H groups in total. The minimum atomic E-state index is 0.652. The van der Waals surface area contributed by atoms with Gasteiger partial charge in [0.05, 0.1) is 6.33 Å². The molecule has 2 fully saturated rings. The summed E-state index contributed by atoms with van der Waals surface area (Å²) in [6.45, 7) is 2.28. The molecule has 1 unspecified atom stereocenters. The lowest BCUT2D eigenvalue weighted by Crippen LogP contribution is -2.17. The largest absolute Gasteiger partial charge is 0.330 e. The zero-order valence-electron chi connectivity index (χ0n) is 9.86. The first-order chi connectivity index (χ1) is 7.95. The molecule has 88 valence electrons. The Morgan fingerprint density at radius 2 is 2.06 bits per heavy atom. The fourth-order valence-corrected chi connectivity index (χ4v) is 3.21. The minimum Gasteiger partial charge on any atom is -0.330 e. The van der Waals surface area contributed by atoms with Crippen molar-refractivity contribution in [3.05, 3.63) is 18.2 Å². The van der Waals surface area contributed by atoms with Crippen LogP contribution in [0.15, 0.2) is 12.5 Å². The molecular weight excluding hydrogens is 198 g/mol. The van der Waals surface area contributed by atoms with E-state index in [0.717, 1.165) is 19.0 Å². The van der Waals surface area contributed by atoms with Gasteiger partial charge in [0, 0.05) is 30.4 Å². The highest BCUT2D eigenvalue weighted by atomic mass is 15.1. The molecule has 0 amide bonds. The van der Waals surface area contributed by atoms with E-state index in [9.17, 15) is 0 Å². The van der Waals surface area contributed by atoms with E-state index in [-0.39, 0.29) is 0 Å². The highest BCUT2D eigenvalue weighted by Gasteiger charge is 2.23. The number of rotatable bonds is 2. The van der Waals surface area contributed by atoms with Crippen molar-refractivity contribution in [3.8, 4) is 0 Å². The maximum Gasteiger partial charge on any atom is 0.0951 e. The predicted octanol–water partition coefficient (Wildman–Crippen LogP) is 2.47. The SMILES string of the molecule is c1ncn(C2CCNC2)c1C1CCCCC1. The summed E-state index contributed by atoms with van der Waals surface area (Å²) >= 11 is 0. The Labute approximate surface area is 97.3 Å². The fourth-order valence-electron chi connectivity index (χ4n) is 3.21. The lowest BCUT2D eigenvalue weighted by molar-refractivity contribution is 0.409. The van der Waals surface area contributed by atoms with Crippen molar-refractivity contribution in [2.24, 2.45) is 0 Å². The van der Waals surface area contributed by atoms with Gasteiger partial charge in [0.25, 0.3) is 0 Å². The van der Waals surface area contributed by atoms with Crippen LogP contribution in [0.4, 0.5) is 0 Å². The smallest absolute Gasteiger partial charge is 0.0951 e. The van der Waals surface area contributed by atoms with Crippen molar-refractivity contribution in [2.45, 2.75) is 50.5 Å². The maximum atomic E-state index is 4.38. The molecule has 3 heteroatoms. The van der Waals surface area contributed by atoms with Gasteiger partial charge in [-0.15, -0.1) is 0 Å². The Hall–Kier alpha value is -0.830. The predicted molar refractivity (Wildman–Crippen MR) is 64.6 cm³/mol. The number of hydrogen-bond acceptors (Lipinski definition) is 2. The molecule has 1 atom stereocenters. The molecule has 0 bridgehead atoms. The summed E-state index contributed by atoms with van der Waals surface area (Å²) in [6.07, 6.45) is 12.4. The quantitative estimate of drug-likeness (QED) is 0.828. The number of aromatic nitrogens is 2. The van der Waals surface area contributed by atoms with E-state index in [4.69, 9.17) is 0 Å². The molecule has 1 aliphatic heterocycles. The number of hydrogen-bond donors (Lipinski definition) is 1. The van der Waals surface area contributed by atoms with E-state index in [1.54, 1.807) is 0 Å². The van der Waals surface area contributed by atoms with Crippen molar-refractivity contribution in [1.82, 2.24) is 14.9 Å². The second-order valence-corrected chi connectivity index (χ2v) is 5.21. The summed E-state index contributed by atoms with van der Waals surface area (Å²) in [5.41, 5.74) is 1.49. The van der Waals surface area contributed by atoms with Gasteiger partial charge in [0.1, 0.15) is 0 Å². The van der Waals surface area contributed by atoms with Gasteiger partial charge in [-0.2, -0.15) is 0 Å². The first kappa shape index (κ1) is 10.3. The maximum absolute atomic E-state index is 4.38. The van der Waals surface area contributed by atoms with Crippen LogP contribution in [0.25, 0.3) is 0 Å².